The summed E-state index contributed by atoms with van der Waals surface area (Å²) < 4.78 is 10.9. The number of hydrogen-bond donors (Lipinski definition) is 1. The molecule has 0 aliphatic rings. The first-order valence-corrected chi connectivity index (χ1v) is 7.43. The Morgan fingerprint density at radius 3 is 2.55 bits per heavy atom. The summed E-state index contributed by atoms with van der Waals surface area (Å²) in [5, 5.41) is 4.70. The minimum Gasteiger partial charge on any atom is -0.460 e. The van der Waals surface area contributed by atoms with Crippen LogP contribution in [-0.4, -0.2) is 17.2 Å². The molecule has 5 nitrogen and oxygen atoms in total. The fourth-order valence-electron chi connectivity index (χ4n) is 2.24. The zero-order valence-electron chi connectivity index (χ0n) is 12.5. The van der Waals surface area contributed by atoms with Crippen LogP contribution in [-0.2, 0) is 13.1 Å². The monoisotopic (exact) mass is 318 g/mol. The van der Waals surface area contributed by atoms with Gasteiger partial charge in [0.2, 0.25) is 5.82 Å². The molecule has 0 saturated carbocycles. The fraction of sp³-hybridized carbons (Fsp3) is 0.250. The van der Waals surface area contributed by atoms with Crippen molar-refractivity contribution in [3.05, 3.63) is 58.8 Å². The van der Waals surface area contributed by atoms with Gasteiger partial charge in [-0.2, -0.15) is 4.98 Å². The molecule has 1 unspecified atom stereocenters. The molecule has 1 aromatic carbocycles. The number of benzene rings is 1. The van der Waals surface area contributed by atoms with Crippen molar-refractivity contribution in [1.29, 1.82) is 0 Å². The summed E-state index contributed by atoms with van der Waals surface area (Å²) >= 11 is 5.88. The van der Waals surface area contributed by atoms with E-state index in [0.717, 1.165) is 23.6 Å². The predicted octanol–water partition coefficient (Wildman–Crippen LogP) is 2.51. The molecule has 22 heavy (non-hydrogen) atoms. The normalized spacial score (nSPS) is 12.5. The highest BCUT2D eigenvalue weighted by Gasteiger charge is 2.14. The van der Waals surface area contributed by atoms with Crippen LogP contribution in [0.2, 0.25) is 5.02 Å². The molecule has 0 spiro atoms. The van der Waals surface area contributed by atoms with Gasteiger partial charge in [0.05, 0.1) is 7.05 Å². The number of furan rings is 1. The molecule has 0 saturated heterocycles. The standard InChI is InChI=1S/C16H16ClN3O2/c1-11-3-8-14(21-11)9-20(2)10-15-18-16(19-22-15)12-4-6-13(17)7-5-12/h3-8H,9-10H2,1-2H3/p+1. The van der Waals surface area contributed by atoms with E-state index in [1.54, 1.807) is 0 Å². The summed E-state index contributed by atoms with van der Waals surface area (Å²) in [7, 11) is 2.06. The first-order valence-electron chi connectivity index (χ1n) is 7.05. The number of nitrogens with zero attached hydrogens (tertiary/aromatic N) is 2. The van der Waals surface area contributed by atoms with Crippen LogP contribution < -0.4 is 4.90 Å². The SMILES string of the molecule is Cc1ccc(C[NH+](C)Cc2nc(-c3ccc(Cl)cc3)no2)o1. The summed E-state index contributed by atoms with van der Waals surface area (Å²) in [6.45, 7) is 3.35. The lowest BCUT2D eigenvalue weighted by Gasteiger charge is -2.09. The fourth-order valence-corrected chi connectivity index (χ4v) is 2.37. The number of aromatic nitrogens is 2. The average Bonchev–Trinajstić information content (AvgIpc) is 3.09. The molecule has 1 N–H and O–H groups in total. The van der Waals surface area contributed by atoms with Gasteiger partial charge in [-0.15, -0.1) is 0 Å². The Bertz CT molecular complexity index is 749. The van der Waals surface area contributed by atoms with E-state index in [1.807, 2.05) is 43.3 Å². The van der Waals surface area contributed by atoms with Gasteiger partial charge in [-0.25, -0.2) is 0 Å². The van der Waals surface area contributed by atoms with Crippen LogP contribution in [0.15, 0.2) is 45.3 Å². The zero-order valence-corrected chi connectivity index (χ0v) is 13.2. The van der Waals surface area contributed by atoms with Crippen LogP contribution in [0.4, 0.5) is 0 Å². The Balaban J connectivity index is 1.65. The average molecular weight is 319 g/mol. The summed E-state index contributed by atoms with van der Waals surface area (Å²) in [6, 6.07) is 11.3. The van der Waals surface area contributed by atoms with Crippen molar-refractivity contribution < 1.29 is 13.8 Å². The molecule has 2 aromatic heterocycles. The molecule has 2 heterocycles. The van der Waals surface area contributed by atoms with Gasteiger partial charge in [0.25, 0.3) is 5.89 Å². The van der Waals surface area contributed by atoms with Gasteiger partial charge < -0.3 is 13.8 Å². The molecule has 0 amide bonds. The molecule has 6 heteroatoms. The third-order valence-electron chi connectivity index (χ3n) is 3.30. The first kappa shape index (κ1) is 14.8. The van der Waals surface area contributed by atoms with Gasteiger partial charge >= 0.3 is 0 Å². The Kier molecular flexibility index (Phi) is 4.27. The molecule has 0 fully saturated rings. The summed E-state index contributed by atoms with van der Waals surface area (Å²) in [4.78, 5) is 5.63. The number of nitrogens with one attached hydrogen (secondary N) is 1. The quantitative estimate of drug-likeness (QED) is 0.785. The van der Waals surface area contributed by atoms with Crippen molar-refractivity contribution in [3.63, 3.8) is 0 Å². The first-order chi connectivity index (χ1) is 10.6. The Hall–Kier alpha value is -2.11. The van der Waals surface area contributed by atoms with E-state index in [2.05, 4.69) is 17.2 Å². The van der Waals surface area contributed by atoms with E-state index in [9.17, 15) is 0 Å². The van der Waals surface area contributed by atoms with E-state index >= 15 is 0 Å². The number of halogens is 1. The van der Waals surface area contributed by atoms with E-state index in [0.29, 0.717) is 23.3 Å². The van der Waals surface area contributed by atoms with Gasteiger partial charge in [0.15, 0.2) is 12.3 Å². The van der Waals surface area contributed by atoms with Gasteiger partial charge in [-0.1, -0.05) is 16.8 Å². The minimum atomic E-state index is 0.577. The van der Waals surface area contributed by atoms with Gasteiger partial charge in [0, 0.05) is 10.6 Å². The largest absolute Gasteiger partial charge is 0.460 e. The molecule has 3 aromatic rings. The number of rotatable bonds is 5. The number of hydrogen-bond acceptors (Lipinski definition) is 4. The van der Waals surface area contributed by atoms with Crippen molar-refractivity contribution in [3.8, 4) is 11.4 Å². The third kappa shape index (κ3) is 3.55. The lowest BCUT2D eigenvalue weighted by molar-refractivity contribution is -0.910. The smallest absolute Gasteiger partial charge is 0.282 e. The Morgan fingerprint density at radius 1 is 1.09 bits per heavy atom. The van der Waals surface area contributed by atoms with E-state index in [-0.39, 0.29) is 0 Å². The molecule has 0 aliphatic heterocycles. The molecular weight excluding hydrogens is 302 g/mol. The number of quaternary nitrogens is 1. The maximum absolute atomic E-state index is 5.88. The maximum Gasteiger partial charge on any atom is 0.282 e. The molecule has 0 bridgehead atoms. The molecule has 114 valence electrons. The van der Waals surface area contributed by atoms with Crippen LogP contribution in [0.1, 0.15) is 17.4 Å². The second-order valence-electron chi connectivity index (χ2n) is 5.34. The number of aryl methyl sites for hydroxylation is 1. The molecule has 0 radical (unpaired) electrons. The summed E-state index contributed by atoms with van der Waals surface area (Å²) in [5.74, 6) is 3.05. The minimum absolute atomic E-state index is 0.577. The van der Waals surface area contributed by atoms with Crippen LogP contribution >= 0.6 is 11.6 Å². The Labute approximate surface area is 133 Å². The van der Waals surface area contributed by atoms with Crippen molar-refractivity contribution in [2.24, 2.45) is 0 Å². The summed E-state index contributed by atoms with van der Waals surface area (Å²) in [6.07, 6.45) is 0. The highest BCUT2D eigenvalue weighted by atomic mass is 35.5. The third-order valence-corrected chi connectivity index (χ3v) is 3.55. The van der Waals surface area contributed by atoms with Crippen LogP contribution in [0.3, 0.4) is 0 Å². The van der Waals surface area contributed by atoms with E-state index < -0.39 is 0 Å². The molecule has 3 rings (SSSR count). The van der Waals surface area contributed by atoms with E-state index in [4.69, 9.17) is 20.5 Å². The van der Waals surface area contributed by atoms with Crippen LogP contribution in [0.5, 0.6) is 0 Å². The second kappa shape index (κ2) is 6.34. The second-order valence-corrected chi connectivity index (χ2v) is 5.78. The lowest BCUT2D eigenvalue weighted by atomic mass is 10.2. The predicted molar refractivity (Wildman–Crippen MR) is 82.5 cm³/mol. The van der Waals surface area contributed by atoms with Crippen LogP contribution in [0.25, 0.3) is 11.4 Å². The molecule has 1 atom stereocenters. The maximum atomic E-state index is 5.88. The van der Waals surface area contributed by atoms with Gasteiger partial charge in [-0.3, -0.25) is 0 Å². The van der Waals surface area contributed by atoms with Crippen molar-refractivity contribution in [1.82, 2.24) is 10.1 Å². The highest BCUT2D eigenvalue weighted by molar-refractivity contribution is 6.30. The zero-order chi connectivity index (χ0) is 15.5. The Morgan fingerprint density at radius 2 is 1.86 bits per heavy atom. The summed E-state index contributed by atoms with van der Waals surface area (Å²) in [5.41, 5.74) is 0.888. The molecular formula is C16H17ClN3O2+. The molecule has 0 aliphatic carbocycles. The lowest BCUT2D eigenvalue weighted by Crippen LogP contribution is -3.06. The van der Waals surface area contributed by atoms with E-state index in [1.165, 1.54) is 4.90 Å². The van der Waals surface area contributed by atoms with Crippen LogP contribution in [0, 0.1) is 6.92 Å². The van der Waals surface area contributed by atoms with Crippen molar-refractivity contribution in [2.75, 3.05) is 7.05 Å². The van der Waals surface area contributed by atoms with Crippen molar-refractivity contribution >= 4 is 11.6 Å². The van der Waals surface area contributed by atoms with Gasteiger partial charge in [-0.05, 0) is 43.3 Å². The van der Waals surface area contributed by atoms with Gasteiger partial charge in [0.1, 0.15) is 12.3 Å². The highest BCUT2D eigenvalue weighted by Crippen LogP contribution is 2.18. The topological polar surface area (TPSA) is 56.5 Å². The van der Waals surface area contributed by atoms with Crippen molar-refractivity contribution in [2.45, 2.75) is 20.0 Å².